The van der Waals surface area contributed by atoms with Crippen molar-refractivity contribution in [3.05, 3.63) is 34.3 Å². The van der Waals surface area contributed by atoms with E-state index in [9.17, 15) is 19.2 Å². The smallest absolute Gasteiger partial charge is 0.290 e. The van der Waals surface area contributed by atoms with E-state index in [0.717, 1.165) is 29.3 Å². The molecule has 10 heteroatoms. The van der Waals surface area contributed by atoms with E-state index in [-0.39, 0.29) is 18.2 Å². The van der Waals surface area contributed by atoms with Crippen LogP contribution in [0.1, 0.15) is 78.7 Å². The normalized spacial score (nSPS) is 17.1. The summed E-state index contributed by atoms with van der Waals surface area (Å²) in [7, 11) is 3.86. The highest BCUT2D eigenvalue weighted by Crippen LogP contribution is 2.39. The van der Waals surface area contributed by atoms with Crippen LogP contribution in [0.15, 0.2) is 28.7 Å². The quantitative estimate of drug-likeness (QED) is 0.149. The topological polar surface area (TPSA) is 104 Å². The van der Waals surface area contributed by atoms with E-state index in [1.807, 2.05) is 59.7 Å². The lowest BCUT2D eigenvalue weighted by Crippen LogP contribution is -2.56. The van der Waals surface area contributed by atoms with Gasteiger partial charge in [-0.3, -0.25) is 19.2 Å². The Morgan fingerprint density at radius 1 is 1.03 bits per heavy atom. The number of Topliss-reactive ketones (excluding diaryl/α,β-unsaturated/α-hetero) is 1. The lowest BCUT2D eigenvalue weighted by molar-refractivity contribution is -0.141. The number of halogens is 1. The third kappa shape index (κ3) is 12.6. The minimum atomic E-state index is -1.06. The van der Waals surface area contributed by atoms with E-state index in [4.69, 9.17) is 0 Å². The fourth-order valence-electron chi connectivity index (χ4n) is 4.09. The van der Waals surface area contributed by atoms with Gasteiger partial charge in [-0.2, -0.15) is 0 Å². The van der Waals surface area contributed by atoms with Crippen LogP contribution in [-0.4, -0.2) is 52.1 Å². The monoisotopic (exact) mass is 627 g/mol. The van der Waals surface area contributed by atoms with E-state index in [0.29, 0.717) is 18.1 Å². The highest BCUT2D eigenvalue weighted by Gasteiger charge is 2.32. The average molecular weight is 629 g/mol. The number of hydrogen-bond donors (Lipinski definition) is 3. The summed E-state index contributed by atoms with van der Waals surface area (Å²) in [5.74, 6) is -0.735. The van der Waals surface area contributed by atoms with Crippen molar-refractivity contribution in [3.8, 4) is 0 Å². The summed E-state index contributed by atoms with van der Waals surface area (Å²) < 4.78 is 0.888. The Kier molecular flexibility index (Phi) is 13.7. The molecule has 3 N–H and O–H groups in total. The molecule has 2 unspecified atom stereocenters. The van der Waals surface area contributed by atoms with Crippen LogP contribution in [0.3, 0.4) is 0 Å². The Morgan fingerprint density at radius 2 is 1.71 bits per heavy atom. The minimum Gasteiger partial charge on any atom is -0.345 e. The van der Waals surface area contributed by atoms with E-state index < -0.39 is 35.2 Å². The average Bonchev–Trinajstić information content (AvgIpc) is 3.34. The summed E-state index contributed by atoms with van der Waals surface area (Å²) in [6.07, 6.45) is 5.06. The van der Waals surface area contributed by atoms with Crippen molar-refractivity contribution in [2.75, 3.05) is 5.75 Å². The van der Waals surface area contributed by atoms with Crippen LogP contribution in [0.4, 0.5) is 0 Å². The van der Waals surface area contributed by atoms with Gasteiger partial charge >= 0.3 is 0 Å². The molecule has 38 heavy (non-hydrogen) atoms. The Bertz CT molecular complexity index is 944. The van der Waals surface area contributed by atoms with Gasteiger partial charge < -0.3 is 16.0 Å². The Balaban J connectivity index is 2.06. The second kappa shape index (κ2) is 15.9. The number of hydrogen-bond acceptors (Lipinski definition) is 6. The van der Waals surface area contributed by atoms with Gasteiger partial charge in [0.2, 0.25) is 17.6 Å². The Labute approximate surface area is 243 Å². The van der Waals surface area contributed by atoms with Crippen LogP contribution in [0.2, 0.25) is 0 Å². The van der Waals surface area contributed by atoms with Gasteiger partial charge in [-0.05, 0) is 70.1 Å². The number of ketones is 1. The standard InChI is InChI=1S/C28H42BrN3O4S2/c1-18(2)16-23(30-24(33)9-7-6-8-21-14-15-37-38-21)26(35)31-22(17-19-10-12-20(29)13-11-19)25(34)27(36)32-28(3,4)5/h10-13,18,21-23H,6-9,14-17H2,1-5H3,(H,30,33)(H,31,35)(H,32,36)/t21?,22?,23-/m0/s1. The summed E-state index contributed by atoms with van der Waals surface area (Å²) in [5.41, 5.74) is 0.209. The SMILES string of the molecule is CC(C)C[C@H](NC(=O)CCCCC1CCSS1)C(=O)NC(Cc1ccc(Br)cc1)C(=O)C(=O)NC(C)(C)C. The zero-order chi connectivity index (χ0) is 28.3. The molecule has 2 rings (SSSR count). The third-order valence-corrected chi connectivity index (χ3v) is 9.50. The summed E-state index contributed by atoms with van der Waals surface area (Å²) in [4.78, 5) is 51.9. The van der Waals surface area contributed by atoms with Crippen molar-refractivity contribution in [1.82, 2.24) is 16.0 Å². The predicted molar refractivity (Wildman–Crippen MR) is 161 cm³/mol. The number of amides is 3. The van der Waals surface area contributed by atoms with Gasteiger partial charge in [-0.25, -0.2) is 0 Å². The van der Waals surface area contributed by atoms with Crippen molar-refractivity contribution in [1.29, 1.82) is 0 Å². The maximum Gasteiger partial charge on any atom is 0.290 e. The lowest BCUT2D eigenvalue weighted by Gasteiger charge is -2.25. The highest BCUT2D eigenvalue weighted by atomic mass is 79.9. The van der Waals surface area contributed by atoms with E-state index in [1.54, 1.807) is 20.8 Å². The van der Waals surface area contributed by atoms with Crippen molar-refractivity contribution < 1.29 is 19.2 Å². The molecule has 212 valence electrons. The van der Waals surface area contributed by atoms with Gasteiger partial charge in [-0.15, -0.1) is 0 Å². The fourth-order valence-corrected chi connectivity index (χ4v) is 7.38. The van der Waals surface area contributed by atoms with Gasteiger partial charge in [0, 0.05) is 33.9 Å². The van der Waals surface area contributed by atoms with Crippen LogP contribution in [-0.2, 0) is 25.6 Å². The molecule has 3 atom stereocenters. The predicted octanol–water partition coefficient (Wildman–Crippen LogP) is 5.21. The second-order valence-corrected chi connectivity index (χ2v) is 15.0. The number of rotatable bonds is 14. The molecule has 0 saturated carbocycles. The molecular formula is C28H42BrN3O4S2. The first-order chi connectivity index (χ1) is 17.8. The van der Waals surface area contributed by atoms with Crippen LogP contribution in [0.5, 0.6) is 0 Å². The molecule has 1 aliphatic heterocycles. The van der Waals surface area contributed by atoms with Gasteiger partial charge in [-0.1, -0.05) is 69.9 Å². The third-order valence-electron chi connectivity index (χ3n) is 5.96. The molecule has 0 radical (unpaired) electrons. The maximum absolute atomic E-state index is 13.4. The molecular weight excluding hydrogens is 586 g/mol. The first kappa shape index (κ1) is 32.7. The van der Waals surface area contributed by atoms with Crippen molar-refractivity contribution >= 4 is 61.0 Å². The highest BCUT2D eigenvalue weighted by molar-refractivity contribution is 9.10. The van der Waals surface area contributed by atoms with E-state index in [2.05, 4.69) is 31.9 Å². The minimum absolute atomic E-state index is 0.146. The molecule has 0 aromatic heterocycles. The Morgan fingerprint density at radius 3 is 2.29 bits per heavy atom. The molecule has 1 saturated heterocycles. The number of carbonyl (C=O) groups is 4. The molecule has 1 aromatic rings. The molecule has 7 nitrogen and oxygen atoms in total. The fraction of sp³-hybridized carbons (Fsp3) is 0.643. The molecule has 0 bridgehead atoms. The van der Waals surface area contributed by atoms with Crippen LogP contribution in [0.25, 0.3) is 0 Å². The number of carbonyl (C=O) groups excluding carboxylic acids is 4. The van der Waals surface area contributed by atoms with Crippen LogP contribution in [0, 0.1) is 5.92 Å². The zero-order valence-electron chi connectivity index (χ0n) is 23.1. The summed E-state index contributed by atoms with van der Waals surface area (Å²) in [6, 6.07) is 5.54. The molecule has 1 heterocycles. The van der Waals surface area contributed by atoms with Gasteiger partial charge in [0.25, 0.3) is 5.91 Å². The summed E-state index contributed by atoms with van der Waals surface area (Å²) in [6.45, 7) is 9.33. The lowest BCUT2D eigenvalue weighted by atomic mass is 9.98. The first-order valence-electron chi connectivity index (χ1n) is 13.3. The van der Waals surface area contributed by atoms with E-state index >= 15 is 0 Å². The number of unbranched alkanes of at least 4 members (excludes halogenated alkanes) is 1. The zero-order valence-corrected chi connectivity index (χ0v) is 26.3. The summed E-state index contributed by atoms with van der Waals surface area (Å²) >= 11 is 3.40. The largest absolute Gasteiger partial charge is 0.345 e. The van der Waals surface area contributed by atoms with Crippen LogP contribution >= 0.6 is 37.5 Å². The molecule has 0 spiro atoms. The van der Waals surface area contributed by atoms with Crippen molar-refractivity contribution in [2.24, 2.45) is 5.92 Å². The van der Waals surface area contributed by atoms with Gasteiger partial charge in [0.15, 0.2) is 0 Å². The van der Waals surface area contributed by atoms with Gasteiger partial charge in [0.1, 0.15) is 12.1 Å². The van der Waals surface area contributed by atoms with E-state index in [1.165, 1.54) is 12.2 Å². The molecule has 0 aliphatic carbocycles. The molecule has 1 fully saturated rings. The number of nitrogens with one attached hydrogen (secondary N) is 3. The van der Waals surface area contributed by atoms with Crippen molar-refractivity contribution in [3.63, 3.8) is 0 Å². The molecule has 3 amide bonds. The van der Waals surface area contributed by atoms with Crippen molar-refractivity contribution in [2.45, 2.75) is 102 Å². The summed E-state index contributed by atoms with van der Waals surface area (Å²) in [5, 5.41) is 9.03. The Hall–Kier alpha value is -1.52. The first-order valence-corrected chi connectivity index (χ1v) is 16.5. The molecule has 1 aliphatic rings. The van der Waals surface area contributed by atoms with Crippen LogP contribution < -0.4 is 16.0 Å². The van der Waals surface area contributed by atoms with Gasteiger partial charge in [0.05, 0.1) is 0 Å². The maximum atomic E-state index is 13.4. The second-order valence-electron chi connectivity index (χ2n) is 11.3. The number of benzene rings is 1. The molecule has 1 aromatic carbocycles.